The molecular weight excluding hydrogens is 324 g/mol. The summed E-state index contributed by atoms with van der Waals surface area (Å²) in [7, 11) is 0. The van der Waals surface area contributed by atoms with Gasteiger partial charge in [0.25, 0.3) is 0 Å². The largest absolute Gasteiger partial charge is 0.433 e. The third-order valence-corrected chi connectivity index (χ3v) is 3.36. The second-order valence-corrected chi connectivity index (χ2v) is 5.22. The quantitative estimate of drug-likeness (QED) is 0.881. The summed E-state index contributed by atoms with van der Waals surface area (Å²) in [6, 6.07) is 3.99. The molecule has 1 amide bonds. The van der Waals surface area contributed by atoms with E-state index in [0.717, 1.165) is 0 Å². The van der Waals surface area contributed by atoms with Gasteiger partial charge < -0.3 is 15.8 Å². The predicted molar refractivity (Wildman–Crippen MR) is 76.9 cm³/mol. The van der Waals surface area contributed by atoms with Crippen molar-refractivity contribution in [2.24, 2.45) is 0 Å². The van der Waals surface area contributed by atoms with Gasteiger partial charge in [-0.2, -0.15) is 8.78 Å². The highest BCUT2D eigenvalue weighted by molar-refractivity contribution is 7.13. The van der Waals surface area contributed by atoms with Crippen LogP contribution >= 0.6 is 22.9 Å². The van der Waals surface area contributed by atoms with Crippen molar-refractivity contribution in [3.63, 3.8) is 0 Å². The molecule has 5 nitrogen and oxygen atoms in total. The summed E-state index contributed by atoms with van der Waals surface area (Å²) in [5.41, 5.74) is 6.39. The number of amides is 1. The van der Waals surface area contributed by atoms with Crippen LogP contribution in [0, 0.1) is 0 Å². The molecule has 112 valence electrons. The first kappa shape index (κ1) is 15.5. The van der Waals surface area contributed by atoms with Gasteiger partial charge in [0.1, 0.15) is 5.75 Å². The van der Waals surface area contributed by atoms with Crippen LogP contribution in [0.15, 0.2) is 23.6 Å². The number of anilines is 2. The second-order valence-electron chi connectivity index (χ2n) is 3.93. The number of carbonyl (C=O) groups excluding carboxylic acids is 1. The number of hydrogen-bond donors (Lipinski definition) is 2. The van der Waals surface area contributed by atoms with E-state index >= 15 is 0 Å². The molecule has 0 aliphatic heterocycles. The smallest absolute Gasteiger partial charge is 0.387 e. The Hall–Kier alpha value is -1.93. The summed E-state index contributed by atoms with van der Waals surface area (Å²) in [4.78, 5) is 15.7. The maximum absolute atomic E-state index is 12.1. The predicted octanol–water partition coefficient (Wildman–Crippen LogP) is 3.16. The topological polar surface area (TPSA) is 77.2 Å². The number of aromatic nitrogens is 1. The Bertz CT molecular complexity index is 651. The number of rotatable bonds is 5. The van der Waals surface area contributed by atoms with E-state index in [0.29, 0.717) is 16.5 Å². The Morgan fingerprint density at radius 2 is 2.29 bits per heavy atom. The molecule has 0 aliphatic carbocycles. The zero-order chi connectivity index (χ0) is 15.4. The molecule has 0 fully saturated rings. The number of benzene rings is 1. The molecule has 0 bridgehead atoms. The Labute approximate surface area is 127 Å². The number of hydrogen-bond acceptors (Lipinski definition) is 5. The molecule has 1 aromatic carbocycles. The van der Waals surface area contributed by atoms with Gasteiger partial charge in [-0.3, -0.25) is 4.79 Å². The van der Waals surface area contributed by atoms with Crippen LogP contribution in [0.1, 0.15) is 5.69 Å². The average molecular weight is 334 g/mol. The van der Waals surface area contributed by atoms with Crippen molar-refractivity contribution in [2.75, 3.05) is 11.1 Å². The van der Waals surface area contributed by atoms with Crippen LogP contribution in [-0.4, -0.2) is 17.5 Å². The van der Waals surface area contributed by atoms with E-state index < -0.39 is 6.61 Å². The number of nitrogen functional groups attached to an aromatic ring is 1. The lowest BCUT2D eigenvalue weighted by Crippen LogP contribution is -2.14. The summed E-state index contributed by atoms with van der Waals surface area (Å²) in [5.74, 6) is -0.476. The van der Waals surface area contributed by atoms with Gasteiger partial charge in [-0.1, -0.05) is 11.6 Å². The number of thiazole rings is 1. The first-order chi connectivity index (χ1) is 9.94. The minimum Gasteiger partial charge on any atom is -0.433 e. The van der Waals surface area contributed by atoms with Crippen molar-refractivity contribution in [1.82, 2.24) is 4.98 Å². The molecule has 0 aliphatic rings. The number of halogens is 3. The number of nitrogens with two attached hydrogens (primary N) is 1. The molecule has 1 heterocycles. The minimum atomic E-state index is -2.96. The number of ether oxygens (including phenoxy) is 1. The lowest BCUT2D eigenvalue weighted by molar-refractivity contribution is -0.115. The van der Waals surface area contributed by atoms with E-state index in [1.807, 2.05) is 0 Å². The maximum atomic E-state index is 12.1. The fourth-order valence-corrected chi connectivity index (χ4v) is 2.33. The number of nitrogens with one attached hydrogen (secondary N) is 1. The van der Waals surface area contributed by atoms with Crippen molar-refractivity contribution in [3.05, 3.63) is 34.3 Å². The molecule has 9 heteroatoms. The maximum Gasteiger partial charge on any atom is 0.387 e. The van der Waals surface area contributed by atoms with E-state index in [-0.39, 0.29) is 23.1 Å². The van der Waals surface area contributed by atoms with Gasteiger partial charge in [0.05, 0.1) is 17.1 Å². The van der Waals surface area contributed by atoms with E-state index in [1.165, 1.54) is 29.5 Å². The van der Waals surface area contributed by atoms with Crippen molar-refractivity contribution >= 4 is 39.7 Å². The van der Waals surface area contributed by atoms with Gasteiger partial charge in [0, 0.05) is 11.1 Å². The summed E-state index contributed by atoms with van der Waals surface area (Å²) in [6.07, 6.45) is 0.0562. The van der Waals surface area contributed by atoms with Crippen LogP contribution in [0.25, 0.3) is 0 Å². The molecule has 21 heavy (non-hydrogen) atoms. The van der Waals surface area contributed by atoms with E-state index in [9.17, 15) is 13.6 Å². The van der Waals surface area contributed by atoms with Gasteiger partial charge in [-0.25, -0.2) is 4.98 Å². The number of nitrogens with zero attached hydrogens (tertiary/aromatic N) is 1. The van der Waals surface area contributed by atoms with E-state index in [2.05, 4.69) is 15.0 Å². The Kier molecular flexibility index (Phi) is 4.92. The normalized spacial score (nSPS) is 10.7. The van der Waals surface area contributed by atoms with Gasteiger partial charge in [0.2, 0.25) is 5.91 Å². The molecule has 2 rings (SSSR count). The van der Waals surface area contributed by atoms with Crippen molar-refractivity contribution < 1.29 is 18.3 Å². The highest BCUT2D eigenvalue weighted by atomic mass is 35.5. The van der Waals surface area contributed by atoms with E-state index in [1.54, 1.807) is 5.38 Å². The van der Waals surface area contributed by atoms with Crippen LogP contribution in [0.2, 0.25) is 5.02 Å². The van der Waals surface area contributed by atoms with Crippen molar-refractivity contribution in [1.29, 1.82) is 0 Å². The molecule has 3 N–H and O–H groups in total. The lowest BCUT2D eigenvalue weighted by atomic mass is 10.2. The van der Waals surface area contributed by atoms with Crippen LogP contribution in [0.5, 0.6) is 5.75 Å². The minimum absolute atomic E-state index is 0.0222. The molecule has 1 aromatic heterocycles. The summed E-state index contributed by atoms with van der Waals surface area (Å²) in [6.45, 7) is -2.96. The summed E-state index contributed by atoms with van der Waals surface area (Å²) in [5, 5.41) is 4.62. The Morgan fingerprint density at radius 1 is 1.52 bits per heavy atom. The SMILES string of the molecule is Nc1nc(CC(=O)Nc2ccc(OC(F)F)c(Cl)c2)cs1. The van der Waals surface area contributed by atoms with Crippen LogP contribution in [-0.2, 0) is 11.2 Å². The third-order valence-electron chi connectivity index (χ3n) is 2.34. The zero-order valence-electron chi connectivity index (χ0n) is 10.5. The average Bonchev–Trinajstić information content (AvgIpc) is 2.77. The van der Waals surface area contributed by atoms with E-state index in [4.69, 9.17) is 17.3 Å². The fourth-order valence-electron chi connectivity index (χ4n) is 1.54. The third kappa shape index (κ3) is 4.54. The Balaban J connectivity index is 1.99. The lowest BCUT2D eigenvalue weighted by Gasteiger charge is -2.09. The van der Waals surface area contributed by atoms with Gasteiger partial charge in [-0.05, 0) is 18.2 Å². The molecule has 0 atom stereocenters. The molecule has 0 spiro atoms. The molecule has 0 radical (unpaired) electrons. The molecule has 0 unspecified atom stereocenters. The van der Waals surface area contributed by atoms with Crippen LogP contribution in [0.4, 0.5) is 19.6 Å². The van der Waals surface area contributed by atoms with Crippen LogP contribution in [0.3, 0.4) is 0 Å². The van der Waals surface area contributed by atoms with Crippen molar-refractivity contribution in [3.8, 4) is 5.75 Å². The molecule has 0 saturated carbocycles. The fraction of sp³-hybridized carbons (Fsp3) is 0.167. The standard InChI is InChI=1S/C12H10ClF2N3O2S/c13-8-3-6(1-2-9(8)20-11(14)15)17-10(19)4-7-5-21-12(16)18-7/h1-3,5,11H,4H2,(H2,16,18)(H,17,19). The highest BCUT2D eigenvalue weighted by Crippen LogP contribution is 2.29. The van der Waals surface area contributed by atoms with Crippen molar-refractivity contribution in [2.45, 2.75) is 13.0 Å². The van der Waals surface area contributed by atoms with Crippen LogP contribution < -0.4 is 15.8 Å². The first-order valence-electron chi connectivity index (χ1n) is 5.68. The van der Waals surface area contributed by atoms with Gasteiger partial charge >= 0.3 is 6.61 Å². The monoisotopic (exact) mass is 333 g/mol. The summed E-state index contributed by atoms with van der Waals surface area (Å²) >= 11 is 7.02. The highest BCUT2D eigenvalue weighted by Gasteiger charge is 2.11. The van der Waals surface area contributed by atoms with Gasteiger partial charge in [-0.15, -0.1) is 11.3 Å². The Morgan fingerprint density at radius 3 is 2.86 bits per heavy atom. The molecular formula is C12H10ClF2N3O2S. The molecule has 2 aromatic rings. The first-order valence-corrected chi connectivity index (χ1v) is 6.94. The number of carbonyl (C=O) groups is 1. The van der Waals surface area contributed by atoms with Gasteiger partial charge in [0.15, 0.2) is 5.13 Å². The number of alkyl halides is 2. The molecule has 0 saturated heterocycles. The summed E-state index contributed by atoms with van der Waals surface area (Å²) < 4.78 is 28.4. The second kappa shape index (κ2) is 6.68. The zero-order valence-corrected chi connectivity index (χ0v) is 12.0.